The van der Waals surface area contributed by atoms with Gasteiger partial charge in [0.1, 0.15) is 0 Å². The maximum atomic E-state index is 5.39. The van der Waals surface area contributed by atoms with Gasteiger partial charge in [-0.05, 0) is 26.7 Å². The van der Waals surface area contributed by atoms with E-state index in [1.54, 1.807) is 0 Å². The maximum Gasteiger partial charge on any atom is 0.231 e. The molecule has 2 rings (SSSR count). The van der Waals surface area contributed by atoms with Gasteiger partial charge in [-0.25, -0.2) is 0 Å². The van der Waals surface area contributed by atoms with Crippen molar-refractivity contribution in [2.75, 3.05) is 48.9 Å². The minimum absolute atomic E-state index is 0.161. The Morgan fingerprint density at radius 3 is 2.55 bits per heavy atom. The van der Waals surface area contributed by atoms with Crippen LogP contribution in [0.5, 0.6) is 0 Å². The minimum Gasteiger partial charge on any atom is -0.380 e. The summed E-state index contributed by atoms with van der Waals surface area (Å²) in [7, 11) is 1.82. The summed E-state index contributed by atoms with van der Waals surface area (Å²) in [6.45, 7) is 7.41. The van der Waals surface area contributed by atoms with Crippen LogP contribution >= 0.6 is 0 Å². The predicted molar refractivity (Wildman–Crippen MR) is 80.4 cm³/mol. The average molecular weight is 280 g/mol. The van der Waals surface area contributed by atoms with Gasteiger partial charge in [-0.3, -0.25) is 0 Å². The number of hydrogen-bond acceptors (Lipinski definition) is 7. The Hall–Kier alpha value is -1.63. The summed E-state index contributed by atoms with van der Waals surface area (Å²) >= 11 is 0. The van der Waals surface area contributed by atoms with Crippen molar-refractivity contribution in [3.8, 4) is 0 Å². The highest BCUT2D eigenvalue weighted by molar-refractivity contribution is 5.44. The molecule has 20 heavy (non-hydrogen) atoms. The SMILES string of the molecule is CCOCC(C)Nc1nc(NC)nc(N2CCCC2)n1. The van der Waals surface area contributed by atoms with E-state index in [1.165, 1.54) is 12.8 Å². The normalized spacial score (nSPS) is 16.2. The van der Waals surface area contributed by atoms with Crippen molar-refractivity contribution < 1.29 is 4.74 Å². The topological polar surface area (TPSA) is 75.2 Å². The van der Waals surface area contributed by atoms with E-state index in [9.17, 15) is 0 Å². The summed E-state index contributed by atoms with van der Waals surface area (Å²) in [6.07, 6.45) is 2.40. The van der Waals surface area contributed by atoms with E-state index in [-0.39, 0.29) is 6.04 Å². The van der Waals surface area contributed by atoms with E-state index in [0.717, 1.165) is 19.0 Å². The molecule has 1 atom stereocenters. The van der Waals surface area contributed by atoms with Crippen molar-refractivity contribution in [3.63, 3.8) is 0 Å². The van der Waals surface area contributed by atoms with Gasteiger partial charge in [0.05, 0.1) is 6.61 Å². The molecule has 0 amide bonds. The zero-order chi connectivity index (χ0) is 14.4. The summed E-state index contributed by atoms with van der Waals surface area (Å²) in [5.41, 5.74) is 0. The third-order valence-corrected chi connectivity index (χ3v) is 3.18. The van der Waals surface area contributed by atoms with Gasteiger partial charge in [0, 0.05) is 32.8 Å². The van der Waals surface area contributed by atoms with E-state index >= 15 is 0 Å². The first-order valence-corrected chi connectivity index (χ1v) is 7.26. The lowest BCUT2D eigenvalue weighted by Gasteiger charge is -2.18. The van der Waals surface area contributed by atoms with Crippen molar-refractivity contribution in [1.29, 1.82) is 0 Å². The Morgan fingerprint density at radius 1 is 1.20 bits per heavy atom. The molecule has 0 spiro atoms. The lowest BCUT2D eigenvalue weighted by molar-refractivity contribution is 0.141. The fraction of sp³-hybridized carbons (Fsp3) is 0.769. The van der Waals surface area contributed by atoms with Crippen LogP contribution in [0.1, 0.15) is 26.7 Å². The fourth-order valence-corrected chi connectivity index (χ4v) is 2.16. The van der Waals surface area contributed by atoms with Gasteiger partial charge >= 0.3 is 0 Å². The van der Waals surface area contributed by atoms with Gasteiger partial charge in [0.25, 0.3) is 0 Å². The second-order valence-corrected chi connectivity index (χ2v) is 4.93. The highest BCUT2D eigenvalue weighted by Gasteiger charge is 2.17. The summed E-state index contributed by atoms with van der Waals surface area (Å²) in [4.78, 5) is 15.5. The van der Waals surface area contributed by atoms with Gasteiger partial charge in [0.15, 0.2) is 0 Å². The highest BCUT2D eigenvalue weighted by Crippen LogP contribution is 2.18. The Morgan fingerprint density at radius 2 is 1.90 bits per heavy atom. The number of ether oxygens (including phenoxy) is 1. The summed E-state index contributed by atoms with van der Waals surface area (Å²) < 4.78 is 5.39. The standard InChI is InChI=1S/C13H24N6O/c1-4-20-9-10(2)15-12-16-11(14-3)17-13(18-12)19-7-5-6-8-19/h10H,4-9H2,1-3H3,(H2,14,15,16,17,18). The molecule has 0 radical (unpaired) electrons. The van der Waals surface area contributed by atoms with Crippen LogP contribution in [0.25, 0.3) is 0 Å². The van der Waals surface area contributed by atoms with E-state index in [1.807, 2.05) is 20.9 Å². The molecule has 2 heterocycles. The van der Waals surface area contributed by atoms with Gasteiger partial charge in [-0.2, -0.15) is 15.0 Å². The van der Waals surface area contributed by atoms with Crippen molar-refractivity contribution in [2.45, 2.75) is 32.7 Å². The molecule has 1 aliphatic heterocycles. The van der Waals surface area contributed by atoms with Crippen LogP contribution in [0.4, 0.5) is 17.8 Å². The summed E-state index contributed by atoms with van der Waals surface area (Å²) in [5.74, 6) is 1.93. The van der Waals surface area contributed by atoms with Crippen molar-refractivity contribution in [3.05, 3.63) is 0 Å². The summed E-state index contributed by atoms with van der Waals surface area (Å²) in [6, 6.07) is 0.161. The van der Waals surface area contributed by atoms with Crippen molar-refractivity contribution in [2.24, 2.45) is 0 Å². The number of rotatable bonds is 7. The molecule has 1 aromatic heterocycles. The molecule has 7 heteroatoms. The monoisotopic (exact) mass is 280 g/mol. The van der Waals surface area contributed by atoms with Crippen LogP contribution in [0, 0.1) is 0 Å². The quantitative estimate of drug-likeness (QED) is 0.780. The molecule has 1 unspecified atom stereocenters. The van der Waals surface area contributed by atoms with E-state index in [4.69, 9.17) is 4.74 Å². The second kappa shape index (κ2) is 7.23. The van der Waals surface area contributed by atoms with Gasteiger partial charge in [-0.1, -0.05) is 0 Å². The third kappa shape index (κ3) is 3.93. The molecule has 112 valence electrons. The van der Waals surface area contributed by atoms with Gasteiger partial charge in [0.2, 0.25) is 17.8 Å². The van der Waals surface area contributed by atoms with Gasteiger partial charge in [-0.15, -0.1) is 0 Å². The molecule has 0 saturated carbocycles. The van der Waals surface area contributed by atoms with Crippen LogP contribution in [0.2, 0.25) is 0 Å². The van der Waals surface area contributed by atoms with Crippen LogP contribution < -0.4 is 15.5 Å². The number of aromatic nitrogens is 3. The second-order valence-electron chi connectivity index (χ2n) is 4.93. The molecule has 1 aliphatic rings. The van der Waals surface area contributed by atoms with Gasteiger partial charge < -0.3 is 20.3 Å². The number of hydrogen-bond donors (Lipinski definition) is 2. The Labute approximate surface area is 120 Å². The Bertz CT molecular complexity index is 421. The number of nitrogens with one attached hydrogen (secondary N) is 2. The van der Waals surface area contributed by atoms with E-state index < -0.39 is 0 Å². The fourth-order valence-electron chi connectivity index (χ4n) is 2.16. The lowest BCUT2D eigenvalue weighted by Crippen LogP contribution is -2.26. The van der Waals surface area contributed by atoms with E-state index in [2.05, 4.69) is 30.5 Å². The molecule has 0 aromatic carbocycles. The lowest BCUT2D eigenvalue weighted by atomic mass is 10.4. The van der Waals surface area contributed by atoms with Crippen molar-refractivity contribution >= 4 is 17.8 Å². The smallest absolute Gasteiger partial charge is 0.231 e. The molecular weight excluding hydrogens is 256 g/mol. The van der Waals surface area contributed by atoms with Crippen LogP contribution in [-0.2, 0) is 4.74 Å². The third-order valence-electron chi connectivity index (χ3n) is 3.18. The largest absolute Gasteiger partial charge is 0.380 e. The van der Waals surface area contributed by atoms with Crippen LogP contribution in [0.3, 0.4) is 0 Å². The number of anilines is 3. The van der Waals surface area contributed by atoms with E-state index in [0.29, 0.717) is 25.1 Å². The predicted octanol–water partition coefficient (Wildman–Crippen LogP) is 1.35. The Kier molecular flexibility index (Phi) is 5.34. The molecule has 7 nitrogen and oxygen atoms in total. The van der Waals surface area contributed by atoms with Crippen molar-refractivity contribution in [1.82, 2.24) is 15.0 Å². The molecule has 1 saturated heterocycles. The molecular formula is C13H24N6O. The summed E-state index contributed by atoms with van der Waals surface area (Å²) in [5, 5.41) is 6.25. The highest BCUT2D eigenvalue weighted by atomic mass is 16.5. The van der Waals surface area contributed by atoms with Crippen LogP contribution in [0.15, 0.2) is 0 Å². The molecule has 0 bridgehead atoms. The molecule has 2 N–H and O–H groups in total. The number of nitrogens with zero attached hydrogens (tertiary/aromatic N) is 4. The zero-order valence-electron chi connectivity index (χ0n) is 12.5. The first-order chi connectivity index (χ1) is 9.72. The first-order valence-electron chi connectivity index (χ1n) is 7.26. The maximum absolute atomic E-state index is 5.39. The zero-order valence-corrected chi connectivity index (χ0v) is 12.5. The molecule has 1 aromatic rings. The molecule has 0 aliphatic carbocycles. The Balaban J connectivity index is 2.08. The van der Waals surface area contributed by atoms with Crippen LogP contribution in [-0.4, -0.2) is 54.3 Å². The first kappa shape index (κ1) is 14.8. The molecule has 1 fully saturated rings. The average Bonchev–Trinajstić information content (AvgIpc) is 2.99. The minimum atomic E-state index is 0.161.